The number of nitrogens with zero attached hydrogens (tertiary/aromatic N) is 2. The van der Waals surface area contributed by atoms with E-state index in [0.717, 1.165) is 18.1 Å². The van der Waals surface area contributed by atoms with Gasteiger partial charge >= 0.3 is 0 Å². The first-order valence-electron chi connectivity index (χ1n) is 7.95. The quantitative estimate of drug-likeness (QED) is 0.382. The number of carbonyl (C=O) groups is 1. The minimum Gasteiger partial charge on any atom is -0.357 e. The number of amides is 1. The molecule has 0 aliphatic carbocycles. The SMILES string of the molecule is CCNC(=NCCC(=O)NC(C)C)N(C)Cc1ccc(F)cc1.I. The average Bonchev–Trinajstić information content (AvgIpc) is 2.48. The molecule has 0 bridgehead atoms. The van der Waals surface area contributed by atoms with Crippen LogP contribution in [-0.2, 0) is 11.3 Å². The van der Waals surface area contributed by atoms with Crippen LogP contribution in [0.4, 0.5) is 4.39 Å². The first kappa shape index (κ1) is 22.6. The summed E-state index contributed by atoms with van der Waals surface area (Å²) >= 11 is 0. The Morgan fingerprint density at radius 2 is 1.92 bits per heavy atom. The first-order valence-corrected chi connectivity index (χ1v) is 7.95. The van der Waals surface area contributed by atoms with Gasteiger partial charge in [-0.25, -0.2) is 4.39 Å². The summed E-state index contributed by atoms with van der Waals surface area (Å²) in [6.07, 6.45) is 0.359. The van der Waals surface area contributed by atoms with Crippen LogP contribution in [0.1, 0.15) is 32.8 Å². The Balaban J connectivity index is 0.00000529. The van der Waals surface area contributed by atoms with Gasteiger partial charge < -0.3 is 15.5 Å². The van der Waals surface area contributed by atoms with E-state index in [4.69, 9.17) is 0 Å². The molecule has 0 spiro atoms. The fraction of sp³-hybridized carbons (Fsp3) is 0.529. The molecular formula is C17H28FIN4O. The van der Waals surface area contributed by atoms with Crippen LogP contribution < -0.4 is 10.6 Å². The zero-order chi connectivity index (χ0) is 17.2. The van der Waals surface area contributed by atoms with Crippen molar-refractivity contribution in [1.82, 2.24) is 15.5 Å². The van der Waals surface area contributed by atoms with E-state index in [2.05, 4.69) is 15.6 Å². The maximum absolute atomic E-state index is 12.9. The van der Waals surface area contributed by atoms with Gasteiger partial charge in [0.15, 0.2) is 5.96 Å². The van der Waals surface area contributed by atoms with Crippen molar-refractivity contribution in [2.45, 2.75) is 39.8 Å². The second-order valence-corrected chi connectivity index (χ2v) is 5.69. The van der Waals surface area contributed by atoms with Gasteiger partial charge in [-0.1, -0.05) is 12.1 Å². The summed E-state index contributed by atoms with van der Waals surface area (Å²) in [4.78, 5) is 18.1. The van der Waals surface area contributed by atoms with Crippen LogP contribution in [0.25, 0.3) is 0 Å². The molecule has 0 heterocycles. The van der Waals surface area contributed by atoms with Crippen molar-refractivity contribution in [2.75, 3.05) is 20.1 Å². The van der Waals surface area contributed by atoms with Crippen molar-refractivity contribution in [3.8, 4) is 0 Å². The third kappa shape index (κ3) is 9.05. The fourth-order valence-corrected chi connectivity index (χ4v) is 2.07. The maximum atomic E-state index is 12.9. The Labute approximate surface area is 161 Å². The largest absolute Gasteiger partial charge is 0.357 e. The number of guanidine groups is 1. The van der Waals surface area contributed by atoms with Gasteiger partial charge in [-0.15, -0.1) is 24.0 Å². The van der Waals surface area contributed by atoms with Gasteiger partial charge in [0.25, 0.3) is 0 Å². The highest BCUT2D eigenvalue weighted by Gasteiger charge is 2.08. The lowest BCUT2D eigenvalue weighted by molar-refractivity contribution is -0.121. The van der Waals surface area contributed by atoms with Gasteiger partial charge in [0.2, 0.25) is 5.91 Å². The molecule has 0 aromatic heterocycles. The Morgan fingerprint density at radius 1 is 1.29 bits per heavy atom. The Kier molecular flexibility index (Phi) is 11.4. The molecule has 5 nitrogen and oxygen atoms in total. The molecule has 0 aliphatic heterocycles. The van der Waals surface area contributed by atoms with Gasteiger partial charge in [0, 0.05) is 32.6 Å². The highest BCUT2D eigenvalue weighted by atomic mass is 127. The predicted octanol–water partition coefficient (Wildman–Crippen LogP) is 2.76. The van der Waals surface area contributed by atoms with E-state index in [-0.39, 0.29) is 41.7 Å². The summed E-state index contributed by atoms with van der Waals surface area (Å²) in [6, 6.07) is 6.55. The molecule has 1 rings (SSSR count). The standard InChI is InChI=1S/C17H27FN4O.HI/c1-5-19-17(20-11-10-16(23)21-13(2)3)22(4)12-14-6-8-15(18)9-7-14;/h6-9,13H,5,10-12H2,1-4H3,(H,19,20)(H,21,23);1H. The summed E-state index contributed by atoms with van der Waals surface area (Å²) in [5, 5.41) is 6.04. The first-order chi connectivity index (χ1) is 10.9. The van der Waals surface area contributed by atoms with Crippen molar-refractivity contribution in [1.29, 1.82) is 0 Å². The third-order valence-electron chi connectivity index (χ3n) is 3.08. The summed E-state index contributed by atoms with van der Waals surface area (Å²) < 4.78 is 12.9. The van der Waals surface area contributed by atoms with E-state index in [1.807, 2.05) is 32.7 Å². The third-order valence-corrected chi connectivity index (χ3v) is 3.08. The van der Waals surface area contributed by atoms with Crippen molar-refractivity contribution in [3.63, 3.8) is 0 Å². The van der Waals surface area contributed by atoms with Crippen molar-refractivity contribution in [3.05, 3.63) is 35.6 Å². The topological polar surface area (TPSA) is 56.7 Å². The van der Waals surface area contributed by atoms with Crippen LogP contribution in [0.2, 0.25) is 0 Å². The molecule has 1 amide bonds. The molecule has 7 heteroatoms. The number of hydrogen-bond donors (Lipinski definition) is 2. The maximum Gasteiger partial charge on any atom is 0.222 e. The summed E-state index contributed by atoms with van der Waals surface area (Å²) in [6.45, 7) is 7.64. The molecule has 0 aliphatic rings. The predicted molar refractivity (Wildman–Crippen MR) is 107 cm³/mol. The number of rotatable bonds is 7. The molecule has 0 fully saturated rings. The average molecular weight is 450 g/mol. The molecule has 0 saturated carbocycles. The zero-order valence-electron chi connectivity index (χ0n) is 14.8. The highest BCUT2D eigenvalue weighted by molar-refractivity contribution is 14.0. The molecule has 0 unspecified atom stereocenters. The second kappa shape index (κ2) is 12.0. The van der Waals surface area contributed by atoms with Crippen molar-refractivity contribution in [2.24, 2.45) is 4.99 Å². The Hall–Kier alpha value is -1.38. The van der Waals surface area contributed by atoms with Crippen molar-refractivity contribution < 1.29 is 9.18 Å². The van der Waals surface area contributed by atoms with Crippen LogP contribution in [-0.4, -0.2) is 42.9 Å². The van der Waals surface area contributed by atoms with Gasteiger partial charge in [-0.2, -0.15) is 0 Å². The van der Waals surface area contributed by atoms with Crippen LogP contribution >= 0.6 is 24.0 Å². The molecule has 0 atom stereocenters. The van der Waals surface area contributed by atoms with E-state index in [1.54, 1.807) is 12.1 Å². The van der Waals surface area contributed by atoms with E-state index in [1.165, 1.54) is 12.1 Å². The zero-order valence-corrected chi connectivity index (χ0v) is 17.1. The summed E-state index contributed by atoms with van der Waals surface area (Å²) in [5.41, 5.74) is 0.997. The molecule has 0 saturated heterocycles. The second-order valence-electron chi connectivity index (χ2n) is 5.69. The van der Waals surface area contributed by atoms with E-state index in [0.29, 0.717) is 19.5 Å². The summed E-state index contributed by atoms with van der Waals surface area (Å²) in [5.74, 6) is 0.489. The lowest BCUT2D eigenvalue weighted by Crippen LogP contribution is -2.39. The number of carbonyl (C=O) groups excluding carboxylic acids is 1. The van der Waals surface area contributed by atoms with E-state index in [9.17, 15) is 9.18 Å². The molecule has 1 aromatic rings. The lowest BCUT2D eigenvalue weighted by atomic mass is 10.2. The van der Waals surface area contributed by atoms with Crippen LogP contribution in [0, 0.1) is 5.82 Å². The fourth-order valence-electron chi connectivity index (χ4n) is 2.07. The molecule has 136 valence electrons. The van der Waals surface area contributed by atoms with E-state index < -0.39 is 0 Å². The number of benzene rings is 1. The highest BCUT2D eigenvalue weighted by Crippen LogP contribution is 2.05. The van der Waals surface area contributed by atoms with Crippen LogP contribution in [0.15, 0.2) is 29.3 Å². The van der Waals surface area contributed by atoms with Gasteiger partial charge in [-0.3, -0.25) is 9.79 Å². The van der Waals surface area contributed by atoms with E-state index >= 15 is 0 Å². The minimum atomic E-state index is -0.242. The van der Waals surface area contributed by atoms with Gasteiger partial charge in [-0.05, 0) is 38.5 Å². The number of nitrogens with one attached hydrogen (secondary N) is 2. The molecule has 24 heavy (non-hydrogen) atoms. The van der Waals surface area contributed by atoms with Gasteiger partial charge in [0.05, 0.1) is 6.54 Å². The normalized spacial score (nSPS) is 11.0. The van der Waals surface area contributed by atoms with Crippen molar-refractivity contribution >= 4 is 35.8 Å². The van der Waals surface area contributed by atoms with Gasteiger partial charge in [0.1, 0.15) is 5.82 Å². The minimum absolute atomic E-state index is 0. The Bertz CT molecular complexity index is 520. The smallest absolute Gasteiger partial charge is 0.222 e. The number of aliphatic imine (C=N–C) groups is 1. The monoisotopic (exact) mass is 450 g/mol. The number of halogens is 2. The molecular weight excluding hydrogens is 422 g/mol. The molecule has 0 radical (unpaired) electrons. The van der Waals surface area contributed by atoms with Crippen LogP contribution in [0.3, 0.4) is 0 Å². The summed E-state index contributed by atoms with van der Waals surface area (Å²) in [7, 11) is 1.92. The molecule has 2 N–H and O–H groups in total. The Morgan fingerprint density at radius 3 is 2.46 bits per heavy atom. The lowest BCUT2D eigenvalue weighted by Gasteiger charge is -2.22. The van der Waals surface area contributed by atoms with Crippen LogP contribution in [0.5, 0.6) is 0 Å². The number of hydrogen-bond acceptors (Lipinski definition) is 2. The molecule has 1 aromatic carbocycles.